The number of nitriles is 1. The second-order valence-corrected chi connectivity index (χ2v) is 3.35. The van der Waals surface area contributed by atoms with Gasteiger partial charge in [0.15, 0.2) is 0 Å². The van der Waals surface area contributed by atoms with Gasteiger partial charge in [0, 0.05) is 13.2 Å². The Kier molecular flexibility index (Phi) is 4.16. The molecule has 1 heterocycles. The maximum absolute atomic E-state index is 8.99. The molecule has 74 valence electrons. The third-order valence-corrected chi connectivity index (χ3v) is 2.25. The van der Waals surface area contributed by atoms with Crippen molar-refractivity contribution in [2.45, 2.75) is 24.8 Å². The molecule has 4 nitrogen and oxygen atoms in total. The molecule has 0 aromatic heterocycles. The molecule has 1 aliphatic heterocycles. The monoisotopic (exact) mass is 184 g/mol. The molecule has 2 N–H and O–H groups in total. The normalized spacial score (nSPS) is 28.3. The number of ether oxygens (including phenoxy) is 1. The van der Waals surface area contributed by atoms with Crippen LogP contribution in [0.15, 0.2) is 0 Å². The van der Waals surface area contributed by atoms with Crippen molar-refractivity contribution in [3.8, 4) is 6.07 Å². The molecule has 1 atom stereocenters. The van der Waals surface area contributed by atoms with Crippen molar-refractivity contribution in [3.05, 3.63) is 0 Å². The van der Waals surface area contributed by atoms with Crippen LogP contribution in [0.2, 0.25) is 0 Å². The van der Waals surface area contributed by atoms with E-state index in [2.05, 4.69) is 11.4 Å². The molecule has 0 radical (unpaired) electrons. The molecule has 0 saturated carbocycles. The minimum atomic E-state index is -0.507. The van der Waals surface area contributed by atoms with Crippen molar-refractivity contribution in [2.75, 3.05) is 26.4 Å². The molecule has 4 heteroatoms. The molecular formula is C9H16N2O2. The van der Waals surface area contributed by atoms with E-state index in [1.165, 1.54) is 0 Å². The molecule has 0 spiro atoms. The van der Waals surface area contributed by atoms with E-state index in [1.54, 1.807) is 0 Å². The van der Waals surface area contributed by atoms with Crippen molar-refractivity contribution < 1.29 is 9.84 Å². The van der Waals surface area contributed by atoms with Crippen LogP contribution in [-0.4, -0.2) is 37.0 Å². The molecule has 1 aliphatic rings. The van der Waals surface area contributed by atoms with Crippen LogP contribution in [-0.2, 0) is 4.74 Å². The third-order valence-electron chi connectivity index (χ3n) is 2.25. The lowest BCUT2D eigenvalue weighted by Crippen LogP contribution is -2.50. The Balaban J connectivity index is 2.35. The zero-order valence-corrected chi connectivity index (χ0v) is 7.75. The SMILES string of the molecule is N#CC1(NCCCO)CCCOC1. The summed E-state index contributed by atoms with van der Waals surface area (Å²) in [7, 11) is 0. The summed E-state index contributed by atoms with van der Waals surface area (Å²) in [6.07, 6.45) is 2.46. The van der Waals surface area contributed by atoms with Crippen LogP contribution in [0.3, 0.4) is 0 Å². The number of aliphatic hydroxyl groups is 1. The Bertz CT molecular complexity index is 183. The highest BCUT2D eigenvalue weighted by atomic mass is 16.5. The van der Waals surface area contributed by atoms with Gasteiger partial charge in [-0.3, -0.25) is 5.32 Å². The van der Waals surface area contributed by atoms with Gasteiger partial charge >= 0.3 is 0 Å². The zero-order valence-electron chi connectivity index (χ0n) is 7.75. The average Bonchev–Trinajstić information content (AvgIpc) is 2.20. The molecule has 1 fully saturated rings. The van der Waals surface area contributed by atoms with Crippen molar-refractivity contribution >= 4 is 0 Å². The smallest absolute Gasteiger partial charge is 0.130 e. The fraction of sp³-hybridized carbons (Fsp3) is 0.889. The fourth-order valence-electron chi connectivity index (χ4n) is 1.47. The second-order valence-electron chi connectivity index (χ2n) is 3.35. The van der Waals surface area contributed by atoms with E-state index in [0.29, 0.717) is 19.6 Å². The standard InChI is InChI=1S/C9H16N2O2/c10-7-9(11-4-2-5-12)3-1-6-13-8-9/h11-12H,1-6,8H2. The number of hydrogen-bond donors (Lipinski definition) is 2. The lowest BCUT2D eigenvalue weighted by molar-refractivity contribution is 0.0438. The summed E-state index contributed by atoms with van der Waals surface area (Å²) >= 11 is 0. The molecule has 1 saturated heterocycles. The second kappa shape index (κ2) is 5.18. The number of rotatable bonds is 4. The number of nitrogens with zero attached hydrogens (tertiary/aromatic N) is 1. The first-order chi connectivity index (χ1) is 6.33. The van der Waals surface area contributed by atoms with Crippen molar-refractivity contribution in [3.63, 3.8) is 0 Å². The molecule has 0 aromatic rings. The highest BCUT2D eigenvalue weighted by Gasteiger charge is 2.31. The molecule has 0 bridgehead atoms. The first-order valence-electron chi connectivity index (χ1n) is 4.68. The van der Waals surface area contributed by atoms with Gasteiger partial charge in [-0.05, 0) is 25.8 Å². The molecule has 0 aliphatic carbocycles. The van der Waals surface area contributed by atoms with Crippen LogP contribution in [0.1, 0.15) is 19.3 Å². The largest absolute Gasteiger partial charge is 0.396 e. The van der Waals surface area contributed by atoms with E-state index in [0.717, 1.165) is 19.4 Å². The van der Waals surface area contributed by atoms with Crippen LogP contribution in [0, 0.1) is 11.3 Å². The van der Waals surface area contributed by atoms with Gasteiger partial charge in [-0.25, -0.2) is 0 Å². The lowest BCUT2D eigenvalue weighted by atomic mass is 9.94. The first kappa shape index (κ1) is 10.5. The molecule has 13 heavy (non-hydrogen) atoms. The van der Waals surface area contributed by atoms with Gasteiger partial charge < -0.3 is 9.84 Å². The van der Waals surface area contributed by atoms with Gasteiger partial charge in [-0.1, -0.05) is 0 Å². The average molecular weight is 184 g/mol. The van der Waals surface area contributed by atoms with Crippen molar-refractivity contribution in [2.24, 2.45) is 0 Å². The molecule has 0 aromatic carbocycles. The Labute approximate surface area is 78.5 Å². The van der Waals surface area contributed by atoms with Crippen LogP contribution >= 0.6 is 0 Å². The Morgan fingerprint density at radius 2 is 2.46 bits per heavy atom. The highest BCUT2D eigenvalue weighted by molar-refractivity contribution is 5.08. The number of nitrogens with one attached hydrogen (secondary N) is 1. The molecule has 0 amide bonds. The number of hydrogen-bond acceptors (Lipinski definition) is 4. The van der Waals surface area contributed by atoms with E-state index < -0.39 is 5.54 Å². The summed E-state index contributed by atoms with van der Waals surface area (Å²) in [5, 5.41) is 20.7. The topological polar surface area (TPSA) is 65.3 Å². The molecule has 1 rings (SSSR count). The maximum atomic E-state index is 8.99. The van der Waals surface area contributed by atoms with E-state index in [-0.39, 0.29) is 6.61 Å². The Hall–Kier alpha value is -0.630. The summed E-state index contributed by atoms with van der Waals surface area (Å²) < 4.78 is 5.26. The predicted molar refractivity (Wildman–Crippen MR) is 48.1 cm³/mol. The van der Waals surface area contributed by atoms with E-state index in [9.17, 15) is 0 Å². The Morgan fingerprint density at radius 3 is 3.00 bits per heavy atom. The van der Waals surface area contributed by atoms with Gasteiger partial charge in [0.25, 0.3) is 0 Å². The minimum absolute atomic E-state index is 0.162. The van der Waals surface area contributed by atoms with E-state index >= 15 is 0 Å². The van der Waals surface area contributed by atoms with E-state index in [1.807, 2.05) is 0 Å². The third kappa shape index (κ3) is 2.96. The fourth-order valence-corrected chi connectivity index (χ4v) is 1.47. The van der Waals surface area contributed by atoms with Crippen molar-refractivity contribution in [1.29, 1.82) is 5.26 Å². The lowest BCUT2D eigenvalue weighted by Gasteiger charge is -2.31. The van der Waals surface area contributed by atoms with Gasteiger partial charge in [0.1, 0.15) is 5.54 Å². The van der Waals surface area contributed by atoms with Crippen LogP contribution in [0.25, 0.3) is 0 Å². The summed E-state index contributed by atoms with van der Waals surface area (Å²) in [5.41, 5.74) is -0.507. The molecule has 1 unspecified atom stereocenters. The summed E-state index contributed by atoms with van der Waals surface area (Å²) in [5.74, 6) is 0. The van der Waals surface area contributed by atoms with E-state index in [4.69, 9.17) is 15.1 Å². The summed E-state index contributed by atoms with van der Waals surface area (Å²) in [6.45, 7) is 2.06. The zero-order chi connectivity index (χ0) is 9.57. The quantitative estimate of drug-likeness (QED) is 0.605. The summed E-state index contributed by atoms with van der Waals surface area (Å²) in [6, 6.07) is 2.26. The van der Waals surface area contributed by atoms with Crippen LogP contribution in [0.4, 0.5) is 0 Å². The summed E-state index contributed by atoms with van der Waals surface area (Å²) in [4.78, 5) is 0. The van der Waals surface area contributed by atoms with Gasteiger partial charge in [0.2, 0.25) is 0 Å². The van der Waals surface area contributed by atoms with Crippen LogP contribution < -0.4 is 5.32 Å². The molecular weight excluding hydrogens is 168 g/mol. The van der Waals surface area contributed by atoms with Gasteiger partial charge in [-0.15, -0.1) is 0 Å². The number of aliphatic hydroxyl groups excluding tert-OH is 1. The predicted octanol–water partition coefficient (Wildman–Crippen LogP) is 0.0312. The van der Waals surface area contributed by atoms with Gasteiger partial charge in [0.05, 0.1) is 12.7 Å². The maximum Gasteiger partial charge on any atom is 0.130 e. The Morgan fingerprint density at radius 1 is 1.62 bits per heavy atom. The van der Waals surface area contributed by atoms with Gasteiger partial charge in [-0.2, -0.15) is 5.26 Å². The highest BCUT2D eigenvalue weighted by Crippen LogP contribution is 2.17. The van der Waals surface area contributed by atoms with Crippen molar-refractivity contribution in [1.82, 2.24) is 5.32 Å². The van der Waals surface area contributed by atoms with Crippen LogP contribution in [0.5, 0.6) is 0 Å². The first-order valence-corrected chi connectivity index (χ1v) is 4.68. The minimum Gasteiger partial charge on any atom is -0.396 e.